The second-order valence-electron chi connectivity index (χ2n) is 8.34. The van der Waals surface area contributed by atoms with Crippen LogP contribution in [0.15, 0.2) is 95.4 Å². The molecule has 0 unspecified atom stereocenters. The average Bonchev–Trinajstić information content (AvgIpc) is 3.32. The summed E-state index contributed by atoms with van der Waals surface area (Å²) in [6.45, 7) is 5.91. The predicted octanol–water partition coefficient (Wildman–Crippen LogP) is 6.85. The third-order valence-electron chi connectivity index (χ3n) is 6.05. The van der Waals surface area contributed by atoms with Crippen LogP contribution in [0.4, 0.5) is 0 Å². The number of nitrogens with zero attached hydrogens (tertiary/aromatic N) is 1. The number of hydrogen-bond donors (Lipinski definition) is 0. The molecular formula is C29H29NO4S2. The standard InChI is InChI=1S/C29H29NO4S2/c1-20-9-12-25(13-10-20)36(31,32)30-16-15-23-17-22(11-14-27(23)30)26-19-28(33-3)24(18-29(26)34-4)8-6-7-21(2)35-5/h6-7,9-19H,2,8H2,1,3-5H3/b7-6-. The summed E-state index contributed by atoms with van der Waals surface area (Å²) in [5.41, 5.74) is 4.39. The van der Waals surface area contributed by atoms with Crippen molar-refractivity contribution < 1.29 is 17.9 Å². The molecule has 36 heavy (non-hydrogen) atoms. The summed E-state index contributed by atoms with van der Waals surface area (Å²) in [4.78, 5) is 1.24. The highest BCUT2D eigenvalue weighted by atomic mass is 32.2. The van der Waals surface area contributed by atoms with Crippen molar-refractivity contribution in [1.29, 1.82) is 0 Å². The largest absolute Gasteiger partial charge is 0.496 e. The molecule has 186 valence electrons. The molecule has 4 aromatic rings. The molecule has 0 aliphatic carbocycles. The van der Waals surface area contributed by atoms with Gasteiger partial charge in [-0.15, -0.1) is 11.8 Å². The van der Waals surface area contributed by atoms with Crippen molar-refractivity contribution in [3.05, 3.63) is 102 Å². The Balaban J connectivity index is 1.73. The minimum absolute atomic E-state index is 0.256. The highest BCUT2D eigenvalue weighted by Gasteiger charge is 2.20. The molecule has 0 fully saturated rings. The highest BCUT2D eigenvalue weighted by Crippen LogP contribution is 2.38. The highest BCUT2D eigenvalue weighted by molar-refractivity contribution is 8.02. The molecule has 0 aliphatic rings. The summed E-state index contributed by atoms with van der Waals surface area (Å²) < 4.78 is 39.3. The SMILES string of the molecule is C=C(/C=C\Cc1cc(OC)c(-c2ccc3c(ccn3S(=O)(=O)c3ccc(C)cc3)c2)cc1OC)SC. The minimum Gasteiger partial charge on any atom is -0.496 e. The normalized spacial score (nSPS) is 11.8. The third kappa shape index (κ3) is 5.08. The van der Waals surface area contributed by atoms with Crippen molar-refractivity contribution in [2.45, 2.75) is 18.2 Å². The number of fused-ring (bicyclic) bond motifs is 1. The maximum absolute atomic E-state index is 13.3. The molecule has 1 aromatic heterocycles. The number of hydrogen-bond acceptors (Lipinski definition) is 5. The van der Waals surface area contributed by atoms with Crippen LogP contribution in [-0.2, 0) is 16.4 Å². The Bertz CT molecular complexity index is 1550. The molecule has 0 aliphatic heterocycles. The number of rotatable bonds is 9. The van der Waals surface area contributed by atoms with Crippen LogP contribution in [0, 0.1) is 6.92 Å². The van der Waals surface area contributed by atoms with Crippen molar-refractivity contribution in [3.63, 3.8) is 0 Å². The van der Waals surface area contributed by atoms with Crippen molar-refractivity contribution in [2.75, 3.05) is 20.5 Å². The first kappa shape index (κ1) is 25.7. The van der Waals surface area contributed by atoms with Gasteiger partial charge in [-0.1, -0.05) is 42.5 Å². The van der Waals surface area contributed by atoms with E-state index in [9.17, 15) is 8.42 Å². The number of benzene rings is 3. The van der Waals surface area contributed by atoms with E-state index < -0.39 is 10.0 Å². The second kappa shape index (κ2) is 10.7. The molecule has 3 aromatic carbocycles. The van der Waals surface area contributed by atoms with Crippen LogP contribution in [0.2, 0.25) is 0 Å². The van der Waals surface area contributed by atoms with Gasteiger partial charge < -0.3 is 9.47 Å². The Morgan fingerprint density at radius 1 is 1.00 bits per heavy atom. The number of thioether (sulfide) groups is 1. The lowest BCUT2D eigenvalue weighted by molar-refractivity contribution is 0.401. The smallest absolute Gasteiger partial charge is 0.268 e. The van der Waals surface area contributed by atoms with Crippen LogP contribution < -0.4 is 9.47 Å². The topological polar surface area (TPSA) is 57.5 Å². The van der Waals surface area contributed by atoms with Crippen molar-refractivity contribution >= 4 is 32.7 Å². The van der Waals surface area contributed by atoms with E-state index in [1.807, 2.05) is 55.7 Å². The molecule has 0 saturated carbocycles. The third-order valence-corrected chi connectivity index (χ3v) is 8.41. The average molecular weight is 520 g/mol. The van der Waals surface area contributed by atoms with Crippen LogP contribution in [0.5, 0.6) is 11.5 Å². The number of aromatic nitrogens is 1. The van der Waals surface area contributed by atoms with E-state index in [4.69, 9.17) is 9.47 Å². The summed E-state index contributed by atoms with van der Waals surface area (Å²) in [5.74, 6) is 1.47. The van der Waals surface area contributed by atoms with Gasteiger partial charge in [0.25, 0.3) is 10.0 Å². The summed E-state index contributed by atoms with van der Waals surface area (Å²) in [5, 5.41) is 0.812. The first-order valence-corrected chi connectivity index (χ1v) is 14.0. The molecule has 0 saturated heterocycles. The van der Waals surface area contributed by atoms with Crippen molar-refractivity contribution in [2.24, 2.45) is 0 Å². The van der Waals surface area contributed by atoms with Gasteiger partial charge in [0.1, 0.15) is 11.5 Å². The minimum atomic E-state index is -3.70. The lowest BCUT2D eigenvalue weighted by Crippen LogP contribution is -2.11. The van der Waals surface area contributed by atoms with Gasteiger partial charge in [0, 0.05) is 22.7 Å². The monoisotopic (exact) mass is 519 g/mol. The fourth-order valence-corrected chi connectivity index (χ4v) is 5.64. The van der Waals surface area contributed by atoms with Gasteiger partial charge in [-0.2, -0.15) is 0 Å². The van der Waals surface area contributed by atoms with Crippen LogP contribution >= 0.6 is 11.8 Å². The zero-order valence-corrected chi connectivity index (χ0v) is 22.4. The van der Waals surface area contributed by atoms with Crippen LogP contribution in [-0.4, -0.2) is 32.9 Å². The molecule has 1 heterocycles. The van der Waals surface area contributed by atoms with Crippen LogP contribution in [0.25, 0.3) is 22.0 Å². The molecule has 0 spiro atoms. The number of aryl methyl sites for hydroxylation is 1. The molecule has 0 amide bonds. The summed E-state index contributed by atoms with van der Waals surface area (Å²) in [7, 11) is -0.411. The van der Waals surface area contributed by atoms with E-state index >= 15 is 0 Å². The molecular weight excluding hydrogens is 490 g/mol. The fourth-order valence-electron chi connectivity index (χ4n) is 4.05. The Morgan fingerprint density at radius 3 is 2.39 bits per heavy atom. The maximum atomic E-state index is 13.3. The predicted molar refractivity (Wildman–Crippen MR) is 150 cm³/mol. The summed E-state index contributed by atoms with van der Waals surface area (Å²) in [6, 6.07) is 18.3. The first-order valence-electron chi connectivity index (χ1n) is 11.4. The lowest BCUT2D eigenvalue weighted by atomic mass is 9.99. The van der Waals surface area contributed by atoms with E-state index in [2.05, 4.69) is 12.7 Å². The Kier molecular flexibility index (Phi) is 7.62. The van der Waals surface area contributed by atoms with Gasteiger partial charge in [-0.05, 0) is 72.5 Å². The van der Waals surface area contributed by atoms with Gasteiger partial charge in [0.05, 0.1) is 24.6 Å². The van der Waals surface area contributed by atoms with Crippen molar-refractivity contribution in [3.8, 4) is 22.6 Å². The van der Waals surface area contributed by atoms with E-state index in [1.54, 1.807) is 56.4 Å². The summed E-state index contributed by atoms with van der Waals surface area (Å²) >= 11 is 1.60. The van der Waals surface area contributed by atoms with Gasteiger partial charge in [0.15, 0.2) is 0 Å². The van der Waals surface area contributed by atoms with Crippen molar-refractivity contribution in [1.82, 2.24) is 3.97 Å². The zero-order chi connectivity index (χ0) is 25.9. The van der Waals surface area contributed by atoms with E-state index in [-0.39, 0.29) is 4.90 Å². The van der Waals surface area contributed by atoms with Crippen LogP contribution in [0.3, 0.4) is 0 Å². The number of allylic oxidation sites excluding steroid dienone is 2. The van der Waals surface area contributed by atoms with Gasteiger partial charge >= 0.3 is 0 Å². The molecule has 0 radical (unpaired) electrons. The van der Waals surface area contributed by atoms with Gasteiger partial charge in [-0.25, -0.2) is 12.4 Å². The zero-order valence-electron chi connectivity index (χ0n) is 20.8. The Labute approximate surface area is 217 Å². The fraction of sp³-hybridized carbons (Fsp3) is 0.172. The lowest BCUT2D eigenvalue weighted by Gasteiger charge is -2.15. The summed E-state index contributed by atoms with van der Waals surface area (Å²) in [6.07, 6.45) is 8.32. The Hall–Kier alpha value is -3.42. The number of ether oxygens (including phenoxy) is 2. The number of methoxy groups -OCH3 is 2. The van der Waals surface area contributed by atoms with Gasteiger partial charge in [0.2, 0.25) is 0 Å². The van der Waals surface area contributed by atoms with Crippen LogP contribution in [0.1, 0.15) is 11.1 Å². The van der Waals surface area contributed by atoms with E-state index in [1.165, 1.54) is 3.97 Å². The van der Waals surface area contributed by atoms with Gasteiger partial charge in [-0.3, -0.25) is 0 Å². The molecule has 0 N–H and O–H groups in total. The molecule has 0 atom stereocenters. The first-order chi connectivity index (χ1) is 17.3. The second-order valence-corrected chi connectivity index (χ2v) is 11.1. The maximum Gasteiger partial charge on any atom is 0.268 e. The molecule has 4 rings (SSSR count). The molecule has 0 bridgehead atoms. The quantitative estimate of drug-likeness (QED) is 0.227. The van der Waals surface area contributed by atoms with E-state index in [0.29, 0.717) is 17.7 Å². The molecule has 5 nitrogen and oxygen atoms in total. The van der Waals surface area contributed by atoms with E-state index in [0.717, 1.165) is 38.3 Å². The molecule has 7 heteroatoms. The Morgan fingerprint density at radius 2 is 1.72 bits per heavy atom.